The van der Waals surface area contributed by atoms with Gasteiger partial charge < -0.3 is 5.32 Å². The Labute approximate surface area is 119 Å². The molecule has 0 radical (unpaired) electrons. The molecule has 0 saturated carbocycles. The molecule has 0 aliphatic heterocycles. The number of benzene rings is 1. The maximum absolute atomic E-state index is 11.7. The summed E-state index contributed by atoms with van der Waals surface area (Å²) in [6.45, 7) is 0. The summed E-state index contributed by atoms with van der Waals surface area (Å²) in [7, 11) is 0. The normalized spacial score (nSPS) is 10.3. The average Bonchev–Trinajstić information content (AvgIpc) is 2.92. The fraction of sp³-hybridized carbons (Fsp3) is 0. The highest BCUT2D eigenvalue weighted by molar-refractivity contribution is 7.10. The maximum Gasteiger partial charge on any atom is 0.248 e. The van der Waals surface area contributed by atoms with Gasteiger partial charge in [0.15, 0.2) is 0 Å². The van der Waals surface area contributed by atoms with Gasteiger partial charge >= 0.3 is 0 Å². The Hall–Kier alpha value is -2.09. The second kappa shape index (κ2) is 6.19. The van der Waals surface area contributed by atoms with E-state index in [0.29, 0.717) is 16.3 Å². The fourth-order valence-corrected chi connectivity index (χ4v) is 2.19. The Morgan fingerprint density at radius 2 is 2.26 bits per heavy atom. The molecule has 19 heavy (non-hydrogen) atoms. The van der Waals surface area contributed by atoms with Crippen LogP contribution in [0.15, 0.2) is 41.8 Å². The lowest BCUT2D eigenvalue weighted by Crippen LogP contribution is -2.07. The van der Waals surface area contributed by atoms with Crippen molar-refractivity contribution < 1.29 is 4.79 Å². The Bertz CT molecular complexity index is 657. The molecule has 0 bridgehead atoms. The molecule has 3 nitrogen and oxygen atoms in total. The molecule has 0 saturated heterocycles. The van der Waals surface area contributed by atoms with Gasteiger partial charge in [-0.1, -0.05) is 17.7 Å². The van der Waals surface area contributed by atoms with Crippen LogP contribution in [0.3, 0.4) is 0 Å². The minimum absolute atomic E-state index is 0.250. The fourth-order valence-electron chi connectivity index (χ4n) is 1.42. The third-order valence-electron chi connectivity index (χ3n) is 2.30. The monoisotopic (exact) mass is 288 g/mol. The first-order chi connectivity index (χ1) is 9.19. The molecule has 1 aromatic heterocycles. The van der Waals surface area contributed by atoms with Gasteiger partial charge in [0.05, 0.1) is 10.6 Å². The Morgan fingerprint density at radius 1 is 1.42 bits per heavy atom. The largest absolute Gasteiger partial charge is 0.322 e. The number of nitrogens with one attached hydrogen (secondary N) is 1. The van der Waals surface area contributed by atoms with E-state index in [1.807, 2.05) is 23.6 Å². The highest BCUT2D eigenvalue weighted by Crippen LogP contribution is 2.19. The molecule has 1 N–H and O–H groups in total. The Morgan fingerprint density at radius 3 is 2.95 bits per heavy atom. The number of halogens is 1. The van der Waals surface area contributed by atoms with Gasteiger partial charge in [-0.2, -0.15) is 5.26 Å². The molecule has 5 heteroatoms. The van der Waals surface area contributed by atoms with Crippen molar-refractivity contribution >= 4 is 40.6 Å². The number of rotatable bonds is 3. The molecule has 0 atom stereocenters. The van der Waals surface area contributed by atoms with Crippen molar-refractivity contribution in [1.29, 1.82) is 5.26 Å². The van der Waals surface area contributed by atoms with Crippen molar-refractivity contribution in [2.45, 2.75) is 0 Å². The van der Waals surface area contributed by atoms with Gasteiger partial charge in [0.25, 0.3) is 0 Å². The highest BCUT2D eigenvalue weighted by atomic mass is 35.5. The van der Waals surface area contributed by atoms with Crippen LogP contribution in [0.4, 0.5) is 5.69 Å². The second-order valence-electron chi connectivity index (χ2n) is 3.64. The quantitative estimate of drug-likeness (QED) is 0.870. The Kier molecular flexibility index (Phi) is 4.35. The van der Waals surface area contributed by atoms with Crippen LogP contribution < -0.4 is 5.32 Å². The molecule has 1 aromatic carbocycles. The molecule has 94 valence electrons. The van der Waals surface area contributed by atoms with Gasteiger partial charge in [0.2, 0.25) is 5.91 Å². The van der Waals surface area contributed by atoms with Gasteiger partial charge in [0, 0.05) is 16.6 Å². The average molecular weight is 289 g/mol. The van der Waals surface area contributed by atoms with Crippen LogP contribution in [-0.2, 0) is 4.79 Å². The van der Waals surface area contributed by atoms with Crippen molar-refractivity contribution in [3.63, 3.8) is 0 Å². The molecular formula is C14H9ClN2OS. The van der Waals surface area contributed by atoms with E-state index in [0.717, 1.165) is 4.88 Å². The van der Waals surface area contributed by atoms with Crippen molar-refractivity contribution in [3.8, 4) is 6.07 Å². The number of carbonyl (C=O) groups is 1. The molecular weight excluding hydrogens is 280 g/mol. The van der Waals surface area contributed by atoms with E-state index in [9.17, 15) is 4.79 Å². The third-order valence-corrected chi connectivity index (χ3v) is 3.46. The minimum Gasteiger partial charge on any atom is -0.322 e. The predicted octanol–water partition coefficient (Wildman–Crippen LogP) is 3.93. The van der Waals surface area contributed by atoms with Crippen molar-refractivity contribution in [3.05, 3.63) is 57.3 Å². The zero-order chi connectivity index (χ0) is 13.7. The molecule has 0 aliphatic carbocycles. The summed E-state index contributed by atoms with van der Waals surface area (Å²) in [5.74, 6) is -0.250. The first-order valence-electron chi connectivity index (χ1n) is 5.41. The number of nitrogens with zero attached hydrogens (tertiary/aromatic N) is 1. The van der Waals surface area contributed by atoms with Crippen molar-refractivity contribution in [2.24, 2.45) is 0 Å². The first-order valence-corrected chi connectivity index (χ1v) is 6.67. The van der Waals surface area contributed by atoms with E-state index in [4.69, 9.17) is 16.9 Å². The lowest BCUT2D eigenvalue weighted by atomic mass is 10.2. The molecule has 0 unspecified atom stereocenters. The Balaban J connectivity index is 2.05. The molecule has 0 fully saturated rings. The summed E-state index contributed by atoms with van der Waals surface area (Å²) in [5.41, 5.74) is 0.878. The van der Waals surface area contributed by atoms with Crippen LogP contribution in [0.1, 0.15) is 10.4 Å². The smallest absolute Gasteiger partial charge is 0.248 e. The van der Waals surface area contributed by atoms with Crippen LogP contribution >= 0.6 is 22.9 Å². The van der Waals surface area contributed by atoms with Crippen LogP contribution in [0.5, 0.6) is 0 Å². The maximum atomic E-state index is 11.7. The second-order valence-corrected chi connectivity index (χ2v) is 5.03. The SMILES string of the molecule is N#Cc1cc(NC(=O)/C=C/c2cccs2)ccc1Cl. The summed E-state index contributed by atoms with van der Waals surface area (Å²) < 4.78 is 0. The number of amides is 1. The molecule has 2 aromatic rings. The summed E-state index contributed by atoms with van der Waals surface area (Å²) >= 11 is 7.37. The van der Waals surface area contributed by atoms with Crippen molar-refractivity contribution in [2.75, 3.05) is 5.32 Å². The van der Waals surface area contributed by atoms with Gasteiger partial charge in [-0.3, -0.25) is 4.79 Å². The summed E-state index contributed by atoms with van der Waals surface area (Å²) in [6.07, 6.45) is 3.19. The topological polar surface area (TPSA) is 52.9 Å². The molecule has 2 rings (SSSR count). The van der Waals surface area contributed by atoms with Gasteiger partial charge in [-0.15, -0.1) is 11.3 Å². The van der Waals surface area contributed by atoms with Gasteiger partial charge in [-0.25, -0.2) is 0 Å². The molecule has 0 spiro atoms. The number of hydrogen-bond acceptors (Lipinski definition) is 3. The van der Waals surface area contributed by atoms with E-state index in [1.54, 1.807) is 35.6 Å². The predicted molar refractivity (Wildman–Crippen MR) is 78.1 cm³/mol. The standard InChI is InChI=1S/C14H9ClN2OS/c15-13-5-3-11(8-10(13)9-16)17-14(18)6-4-12-2-1-7-19-12/h1-8H,(H,17,18)/b6-4+. The minimum atomic E-state index is -0.250. The van der Waals surface area contributed by atoms with E-state index in [1.165, 1.54) is 6.08 Å². The number of nitriles is 1. The first kappa shape index (κ1) is 13.3. The van der Waals surface area contributed by atoms with Gasteiger partial charge in [-0.05, 0) is 35.7 Å². The van der Waals surface area contributed by atoms with E-state index in [2.05, 4.69) is 5.32 Å². The van der Waals surface area contributed by atoms with E-state index in [-0.39, 0.29) is 5.91 Å². The summed E-state index contributed by atoms with van der Waals surface area (Å²) in [4.78, 5) is 12.7. The van der Waals surface area contributed by atoms with E-state index >= 15 is 0 Å². The van der Waals surface area contributed by atoms with Gasteiger partial charge in [0.1, 0.15) is 6.07 Å². The number of thiophene rings is 1. The molecule has 1 amide bonds. The number of carbonyl (C=O) groups excluding carboxylic acids is 1. The zero-order valence-corrected chi connectivity index (χ0v) is 11.3. The third kappa shape index (κ3) is 3.68. The number of hydrogen-bond donors (Lipinski definition) is 1. The molecule has 1 heterocycles. The summed E-state index contributed by atoms with van der Waals surface area (Å²) in [6, 6.07) is 10.6. The van der Waals surface area contributed by atoms with E-state index < -0.39 is 0 Å². The van der Waals surface area contributed by atoms with Crippen molar-refractivity contribution in [1.82, 2.24) is 0 Å². The van der Waals surface area contributed by atoms with Crippen LogP contribution in [0, 0.1) is 11.3 Å². The van der Waals surface area contributed by atoms with Crippen LogP contribution in [0.2, 0.25) is 5.02 Å². The summed E-state index contributed by atoms with van der Waals surface area (Å²) in [5, 5.41) is 13.8. The highest BCUT2D eigenvalue weighted by Gasteiger charge is 2.03. The van der Waals surface area contributed by atoms with Crippen LogP contribution in [-0.4, -0.2) is 5.91 Å². The lowest BCUT2D eigenvalue weighted by Gasteiger charge is -2.03. The molecule has 0 aliphatic rings. The lowest BCUT2D eigenvalue weighted by molar-refractivity contribution is -0.111. The number of anilines is 1. The van der Waals surface area contributed by atoms with Crippen LogP contribution in [0.25, 0.3) is 6.08 Å². The zero-order valence-electron chi connectivity index (χ0n) is 9.76.